The maximum atomic E-state index is 11.7. The van der Waals surface area contributed by atoms with Crippen molar-refractivity contribution in [2.24, 2.45) is 0 Å². The van der Waals surface area contributed by atoms with Gasteiger partial charge in [0.2, 0.25) is 0 Å². The molecule has 1 aliphatic rings. The normalized spacial score (nSPS) is 18.7. The third-order valence-corrected chi connectivity index (χ3v) is 2.62. The Balaban J connectivity index is 2.56. The number of urea groups is 1. The molecule has 1 saturated carbocycles. The molecule has 0 aromatic heterocycles. The van der Waals surface area contributed by atoms with Crippen LogP contribution in [0.1, 0.15) is 26.7 Å². The molecule has 6 nitrogen and oxygen atoms in total. The second-order valence-electron chi connectivity index (χ2n) is 4.02. The van der Waals surface area contributed by atoms with Crippen molar-refractivity contribution in [1.82, 2.24) is 10.2 Å². The first-order chi connectivity index (χ1) is 7.47. The van der Waals surface area contributed by atoms with Crippen LogP contribution >= 0.6 is 0 Å². The number of amides is 2. The first-order valence-electron chi connectivity index (χ1n) is 5.45. The number of rotatable bonds is 5. The van der Waals surface area contributed by atoms with Crippen LogP contribution < -0.4 is 5.32 Å². The Morgan fingerprint density at radius 2 is 2.06 bits per heavy atom. The van der Waals surface area contributed by atoms with E-state index in [1.54, 1.807) is 4.90 Å². The van der Waals surface area contributed by atoms with Crippen LogP contribution in [-0.2, 0) is 4.79 Å². The largest absolute Gasteiger partial charge is 0.480 e. The molecule has 92 valence electrons. The molecule has 0 spiro atoms. The number of aliphatic carboxylic acids is 1. The van der Waals surface area contributed by atoms with Crippen LogP contribution in [0.3, 0.4) is 0 Å². The van der Waals surface area contributed by atoms with Crippen molar-refractivity contribution in [3.05, 3.63) is 0 Å². The Morgan fingerprint density at radius 3 is 2.38 bits per heavy atom. The lowest BCUT2D eigenvalue weighted by molar-refractivity contribution is -0.141. The van der Waals surface area contributed by atoms with Crippen LogP contribution in [0.15, 0.2) is 0 Å². The number of aliphatic hydroxyl groups is 1. The minimum Gasteiger partial charge on any atom is -0.480 e. The zero-order valence-electron chi connectivity index (χ0n) is 9.51. The fraction of sp³-hybridized carbons (Fsp3) is 0.800. The van der Waals surface area contributed by atoms with Crippen LogP contribution in [0.5, 0.6) is 0 Å². The molecule has 1 rings (SSSR count). The molecule has 0 radical (unpaired) electrons. The number of hydrogen-bond donors (Lipinski definition) is 3. The lowest BCUT2D eigenvalue weighted by Gasteiger charge is -2.24. The third-order valence-electron chi connectivity index (χ3n) is 2.62. The molecule has 3 N–H and O–H groups in total. The summed E-state index contributed by atoms with van der Waals surface area (Å²) in [4.78, 5) is 24.1. The van der Waals surface area contributed by atoms with Gasteiger partial charge in [0.1, 0.15) is 0 Å². The average molecular weight is 230 g/mol. The Labute approximate surface area is 94.2 Å². The van der Waals surface area contributed by atoms with Gasteiger partial charge in [-0.25, -0.2) is 9.59 Å². The van der Waals surface area contributed by atoms with Gasteiger partial charge in [0.05, 0.1) is 6.10 Å². The number of carboxylic acid groups (broad SMARTS) is 1. The number of carbonyl (C=O) groups is 2. The van der Waals surface area contributed by atoms with E-state index in [9.17, 15) is 14.7 Å². The number of aliphatic hydroxyl groups excluding tert-OH is 1. The molecule has 1 aliphatic carbocycles. The standard InChI is InChI=1S/C10H18N2O4/c1-3-12(7-4-5-7)10(16)11-8(6(2)13)9(14)15/h6-8,13H,3-5H2,1-2H3,(H,11,16)(H,14,15). The van der Waals surface area contributed by atoms with Gasteiger partial charge in [-0.2, -0.15) is 0 Å². The number of carboxylic acids is 1. The molecule has 2 amide bonds. The lowest BCUT2D eigenvalue weighted by Crippen LogP contribution is -2.52. The van der Waals surface area contributed by atoms with Gasteiger partial charge in [-0.15, -0.1) is 0 Å². The highest BCUT2D eigenvalue weighted by atomic mass is 16.4. The fourth-order valence-corrected chi connectivity index (χ4v) is 1.56. The highest BCUT2D eigenvalue weighted by Crippen LogP contribution is 2.26. The summed E-state index contributed by atoms with van der Waals surface area (Å²) in [5, 5.41) is 20.4. The van der Waals surface area contributed by atoms with Crippen molar-refractivity contribution in [3.8, 4) is 0 Å². The van der Waals surface area contributed by atoms with Gasteiger partial charge in [0.25, 0.3) is 0 Å². The van der Waals surface area contributed by atoms with Gasteiger partial charge in [0.15, 0.2) is 6.04 Å². The summed E-state index contributed by atoms with van der Waals surface area (Å²) in [6.07, 6.45) is 0.820. The molecule has 0 heterocycles. The van der Waals surface area contributed by atoms with E-state index in [1.807, 2.05) is 6.92 Å². The van der Waals surface area contributed by atoms with Gasteiger partial charge < -0.3 is 20.4 Å². The van der Waals surface area contributed by atoms with Crippen molar-refractivity contribution in [1.29, 1.82) is 0 Å². The molecular formula is C10H18N2O4. The number of nitrogens with zero attached hydrogens (tertiary/aromatic N) is 1. The maximum Gasteiger partial charge on any atom is 0.328 e. The van der Waals surface area contributed by atoms with Crippen LogP contribution in [-0.4, -0.2) is 51.8 Å². The molecule has 1 fully saturated rings. The molecule has 0 aliphatic heterocycles. The summed E-state index contributed by atoms with van der Waals surface area (Å²) in [5.41, 5.74) is 0. The van der Waals surface area contributed by atoms with E-state index in [0.717, 1.165) is 12.8 Å². The van der Waals surface area contributed by atoms with Crippen molar-refractivity contribution in [3.63, 3.8) is 0 Å². The molecule has 2 unspecified atom stereocenters. The molecular weight excluding hydrogens is 212 g/mol. The van der Waals surface area contributed by atoms with Crippen molar-refractivity contribution in [2.45, 2.75) is 44.9 Å². The molecule has 2 atom stereocenters. The molecule has 0 aromatic rings. The van der Waals surface area contributed by atoms with E-state index in [4.69, 9.17) is 5.11 Å². The molecule has 6 heteroatoms. The highest BCUT2D eigenvalue weighted by molar-refractivity contribution is 5.83. The minimum atomic E-state index is -1.25. The summed E-state index contributed by atoms with van der Waals surface area (Å²) < 4.78 is 0. The summed E-state index contributed by atoms with van der Waals surface area (Å²) in [6, 6.07) is -1.44. The second-order valence-corrected chi connectivity index (χ2v) is 4.02. The van der Waals surface area contributed by atoms with Gasteiger partial charge in [-0.1, -0.05) is 0 Å². The van der Waals surface area contributed by atoms with Crippen molar-refractivity contribution >= 4 is 12.0 Å². The number of hydrogen-bond acceptors (Lipinski definition) is 3. The second kappa shape index (κ2) is 5.16. The molecule has 0 aromatic carbocycles. The van der Waals surface area contributed by atoms with E-state index in [2.05, 4.69) is 5.32 Å². The predicted molar refractivity (Wildman–Crippen MR) is 57.0 cm³/mol. The molecule has 0 saturated heterocycles. The van der Waals surface area contributed by atoms with Crippen molar-refractivity contribution in [2.75, 3.05) is 6.54 Å². The Bertz CT molecular complexity index is 276. The van der Waals surface area contributed by atoms with Crippen LogP contribution in [0, 0.1) is 0 Å². The maximum absolute atomic E-state index is 11.7. The fourth-order valence-electron chi connectivity index (χ4n) is 1.56. The van der Waals surface area contributed by atoms with Gasteiger partial charge in [0, 0.05) is 12.6 Å². The smallest absolute Gasteiger partial charge is 0.328 e. The topological polar surface area (TPSA) is 89.9 Å². The van der Waals surface area contributed by atoms with Crippen LogP contribution in [0.4, 0.5) is 4.79 Å². The van der Waals surface area contributed by atoms with Crippen molar-refractivity contribution < 1.29 is 19.8 Å². The molecule has 16 heavy (non-hydrogen) atoms. The van der Waals surface area contributed by atoms with Gasteiger partial charge >= 0.3 is 12.0 Å². The van der Waals surface area contributed by atoms with E-state index < -0.39 is 24.1 Å². The quantitative estimate of drug-likeness (QED) is 0.620. The summed E-state index contributed by atoms with van der Waals surface area (Å²) in [6.45, 7) is 3.73. The van der Waals surface area contributed by atoms with E-state index in [0.29, 0.717) is 6.54 Å². The average Bonchev–Trinajstić information content (AvgIpc) is 2.98. The monoisotopic (exact) mass is 230 g/mol. The van der Waals surface area contributed by atoms with Crippen LogP contribution in [0.2, 0.25) is 0 Å². The number of carbonyl (C=O) groups excluding carboxylic acids is 1. The summed E-state index contributed by atoms with van der Waals surface area (Å²) in [7, 11) is 0. The zero-order chi connectivity index (χ0) is 12.3. The van der Waals surface area contributed by atoms with Crippen LogP contribution in [0.25, 0.3) is 0 Å². The van der Waals surface area contributed by atoms with E-state index in [1.165, 1.54) is 6.92 Å². The highest BCUT2D eigenvalue weighted by Gasteiger charge is 2.34. The minimum absolute atomic E-state index is 0.230. The van der Waals surface area contributed by atoms with Gasteiger partial charge in [-0.3, -0.25) is 0 Å². The predicted octanol–water partition coefficient (Wildman–Crippen LogP) is 0.0143. The first-order valence-corrected chi connectivity index (χ1v) is 5.45. The Morgan fingerprint density at radius 1 is 1.50 bits per heavy atom. The number of nitrogens with one attached hydrogen (secondary N) is 1. The zero-order valence-corrected chi connectivity index (χ0v) is 9.51. The summed E-state index contributed by atoms with van der Waals surface area (Å²) >= 11 is 0. The third kappa shape index (κ3) is 3.10. The van der Waals surface area contributed by atoms with Gasteiger partial charge in [-0.05, 0) is 26.7 Å². The molecule has 0 bridgehead atoms. The lowest BCUT2D eigenvalue weighted by atomic mass is 10.2. The van der Waals surface area contributed by atoms with E-state index in [-0.39, 0.29) is 6.04 Å². The SMILES string of the molecule is CCN(C(=O)NC(C(=O)O)C(C)O)C1CC1. The summed E-state index contributed by atoms with van der Waals surface area (Å²) in [5.74, 6) is -1.23. The van der Waals surface area contributed by atoms with E-state index >= 15 is 0 Å². The Hall–Kier alpha value is -1.30. The Kier molecular flexibility index (Phi) is 4.12. The first kappa shape index (κ1) is 12.8.